The average molecular weight is 265 g/mol. The van der Waals surface area contributed by atoms with Crippen molar-refractivity contribution in [2.75, 3.05) is 6.54 Å². The minimum Gasteiger partial charge on any atom is -0.297 e. The first-order valence-corrected chi connectivity index (χ1v) is 9.10. The SMILES string of the molecule is CCCCCCC(CCCCC)N1CC2CCC1C2. The fraction of sp³-hybridized carbons (Fsp3) is 1.00. The Hall–Kier alpha value is -0.0400. The molecule has 0 spiro atoms. The van der Waals surface area contributed by atoms with Gasteiger partial charge in [0.05, 0.1) is 0 Å². The minimum atomic E-state index is 0.929. The van der Waals surface area contributed by atoms with E-state index in [2.05, 4.69) is 18.7 Å². The van der Waals surface area contributed by atoms with Gasteiger partial charge in [0.15, 0.2) is 0 Å². The van der Waals surface area contributed by atoms with E-state index in [9.17, 15) is 0 Å². The number of fused-ring (bicyclic) bond motifs is 2. The lowest BCUT2D eigenvalue weighted by Crippen LogP contribution is -2.41. The van der Waals surface area contributed by atoms with E-state index in [0.717, 1.165) is 18.0 Å². The summed E-state index contributed by atoms with van der Waals surface area (Å²) in [6.07, 6.45) is 17.5. The monoisotopic (exact) mass is 265 g/mol. The lowest BCUT2D eigenvalue weighted by molar-refractivity contribution is 0.129. The molecule has 1 heterocycles. The molecule has 1 nitrogen and oxygen atoms in total. The van der Waals surface area contributed by atoms with Crippen LogP contribution < -0.4 is 0 Å². The third-order valence-electron chi connectivity index (χ3n) is 5.45. The van der Waals surface area contributed by atoms with E-state index in [1.54, 1.807) is 0 Å². The summed E-state index contributed by atoms with van der Waals surface area (Å²) in [6, 6.07) is 1.90. The zero-order valence-corrected chi connectivity index (χ0v) is 13.4. The maximum absolute atomic E-state index is 2.93. The van der Waals surface area contributed by atoms with E-state index >= 15 is 0 Å². The number of rotatable bonds is 10. The molecule has 1 aliphatic carbocycles. The number of likely N-dealkylation sites (tertiary alicyclic amines) is 1. The van der Waals surface area contributed by atoms with Crippen molar-refractivity contribution in [3.05, 3.63) is 0 Å². The van der Waals surface area contributed by atoms with Gasteiger partial charge in [0.25, 0.3) is 0 Å². The standard InChI is InChI=1S/C18H35N/c1-3-5-7-9-11-17(10-8-6-4-2)19-15-16-12-13-18(19)14-16/h16-18H,3-15H2,1-2H3. The zero-order valence-electron chi connectivity index (χ0n) is 13.4. The largest absolute Gasteiger partial charge is 0.297 e. The fourth-order valence-electron chi connectivity index (χ4n) is 4.32. The number of hydrogen-bond donors (Lipinski definition) is 0. The summed E-state index contributed by atoms with van der Waals surface area (Å²) < 4.78 is 0. The Morgan fingerprint density at radius 3 is 2.16 bits per heavy atom. The summed E-state index contributed by atoms with van der Waals surface area (Å²) >= 11 is 0. The van der Waals surface area contributed by atoms with Gasteiger partial charge in [-0.15, -0.1) is 0 Å². The van der Waals surface area contributed by atoms with Gasteiger partial charge in [0, 0.05) is 18.6 Å². The summed E-state index contributed by atoms with van der Waals surface area (Å²) in [4.78, 5) is 2.93. The predicted octanol–water partition coefficient (Wildman–Crippen LogP) is 5.39. The normalized spacial score (nSPS) is 28.1. The lowest BCUT2D eigenvalue weighted by Gasteiger charge is -2.35. The van der Waals surface area contributed by atoms with Crippen LogP contribution in [0.2, 0.25) is 0 Å². The second-order valence-corrected chi connectivity index (χ2v) is 7.03. The highest BCUT2D eigenvalue weighted by molar-refractivity contribution is 4.95. The Bertz CT molecular complexity index is 238. The molecule has 2 rings (SSSR count). The van der Waals surface area contributed by atoms with Crippen LogP contribution in [0.4, 0.5) is 0 Å². The molecule has 0 aromatic carbocycles. The van der Waals surface area contributed by atoms with Gasteiger partial charge in [-0.25, -0.2) is 0 Å². The molecule has 0 aromatic heterocycles. The molecule has 2 bridgehead atoms. The van der Waals surface area contributed by atoms with Gasteiger partial charge in [-0.05, 0) is 38.0 Å². The van der Waals surface area contributed by atoms with Crippen LogP contribution in [0.3, 0.4) is 0 Å². The molecule has 0 N–H and O–H groups in total. The molecule has 1 heteroatoms. The van der Waals surface area contributed by atoms with Crippen LogP contribution in [0.1, 0.15) is 90.9 Å². The van der Waals surface area contributed by atoms with E-state index in [-0.39, 0.29) is 0 Å². The summed E-state index contributed by atoms with van der Waals surface area (Å²) in [7, 11) is 0. The topological polar surface area (TPSA) is 3.24 Å². The van der Waals surface area contributed by atoms with E-state index in [1.807, 2.05) is 0 Å². The molecule has 112 valence electrons. The first-order chi connectivity index (χ1) is 9.35. The van der Waals surface area contributed by atoms with Crippen LogP contribution in [-0.2, 0) is 0 Å². The van der Waals surface area contributed by atoms with Crippen molar-refractivity contribution in [3.8, 4) is 0 Å². The fourth-order valence-corrected chi connectivity index (χ4v) is 4.32. The first-order valence-electron chi connectivity index (χ1n) is 9.10. The van der Waals surface area contributed by atoms with Crippen molar-refractivity contribution in [2.45, 2.75) is 103 Å². The van der Waals surface area contributed by atoms with Crippen LogP contribution in [0.25, 0.3) is 0 Å². The van der Waals surface area contributed by atoms with Crippen LogP contribution in [0.15, 0.2) is 0 Å². The van der Waals surface area contributed by atoms with Crippen molar-refractivity contribution >= 4 is 0 Å². The maximum Gasteiger partial charge on any atom is 0.0101 e. The quantitative estimate of drug-likeness (QED) is 0.479. The molecular weight excluding hydrogens is 230 g/mol. The second-order valence-electron chi connectivity index (χ2n) is 7.03. The molecule has 3 unspecified atom stereocenters. The molecule has 1 saturated carbocycles. The van der Waals surface area contributed by atoms with Crippen LogP contribution >= 0.6 is 0 Å². The van der Waals surface area contributed by atoms with E-state index < -0.39 is 0 Å². The highest BCUT2D eigenvalue weighted by atomic mass is 15.2. The van der Waals surface area contributed by atoms with Crippen LogP contribution in [0, 0.1) is 5.92 Å². The molecule has 0 radical (unpaired) electrons. The summed E-state index contributed by atoms with van der Waals surface area (Å²) in [6.45, 7) is 6.08. The van der Waals surface area contributed by atoms with Crippen LogP contribution in [0.5, 0.6) is 0 Å². The molecule has 2 aliphatic rings. The van der Waals surface area contributed by atoms with Gasteiger partial charge < -0.3 is 0 Å². The molecule has 0 amide bonds. The molecule has 2 fully saturated rings. The molecule has 3 atom stereocenters. The van der Waals surface area contributed by atoms with Crippen molar-refractivity contribution in [3.63, 3.8) is 0 Å². The summed E-state index contributed by atoms with van der Waals surface area (Å²) in [5.41, 5.74) is 0. The molecule has 0 aromatic rings. The van der Waals surface area contributed by atoms with Crippen molar-refractivity contribution in [2.24, 2.45) is 5.92 Å². The van der Waals surface area contributed by atoms with Crippen molar-refractivity contribution in [1.82, 2.24) is 4.90 Å². The Morgan fingerprint density at radius 2 is 1.58 bits per heavy atom. The highest BCUT2D eigenvalue weighted by Gasteiger charge is 2.40. The average Bonchev–Trinajstić information content (AvgIpc) is 3.04. The zero-order chi connectivity index (χ0) is 13.5. The number of unbranched alkanes of at least 4 members (excludes halogenated alkanes) is 5. The maximum atomic E-state index is 2.93. The first kappa shape index (κ1) is 15.4. The molecule has 1 aliphatic heterocycles. The predicted molar refractivity (Wildman–Crippen MR) is 84.5 cm³/mol. The number of piperidine rings is 1. The summed E-state index contributed by atoms with van der Waals surface area (Å²) in [5, 5.41) is 0. The van der Waals surface area contributed by atoms with E-state index in [0.29, 0.717) is 0 Å². The molecule has 1 saturated heterocycles. The minimum absolute atomic E-state index is 0.929. The Balaban J connectivity index is 1.76. The summed E-state index contributed by atoms with van der Waals surface area (Å²) in [5.74, 6) is 1.06. The second kappa shape index (κ2) is 8.29. The van der Waals surface area contributed by atoms with Crippen molar-refractivity contribution < 1.29 is 0 Å². The van der Waals surface area contributed by atoms with Crippen molar-refractivity contribution in [1.29, 1.82) is 0 Å². The van der Waals surface area contributed by atoms with Gasteiger partial charge in [0.2, 0.25) is 0 Å². The van der Waals surface area contributed by atoms with Gasteiger partial charge in [-0.1, -0.05) is 58.8 Å². The molecular formula is C18H35N. The Labute approximate surface area is 121 Å². The van der Waals surface area contributed by atoms with Crippen LogP contribution in [-0.4, -0.2) is 23.5 Å². The smallest absolute Gasteiger partial charge is 0.0101 e. The lowest BCUT2D eigenvalue weighted by atomic mass is 9.98. The Morgan fingerprint density at radius 1 is 0.895 bits per heavy atom. The third-order valence-corrected chi connectivity index (χ3v) is 5.45. The number of nitrogens with zero attached hydrogens (tertiary/aromatic N) is 1. The number of hydrogen-bond acceptors (Lipinski definition) is 1. The third kappa shape index (κ3) is 4.48. The Kier molecular flexibility index (Phi) is 6.70. The van der Waals surface area contributed by atoms with Gasteiger partial charge in [-0.3, -0.25) is 4.90 Å². The van der Waals surface area contributed by atoms with E-state index in [4.69, 9.17) is 0 Å². The molecule has 19 heavy (non-hydrogen) atoms. The highest BCUT2D eigenvalue weighted by Crippen LogP contribution is 2.40. The van der Waals surface area contributed by atoms with Gasteiger partial charge in [-0.2, -0.15) is 0 Å². The van der Waals surface area contributed by atoms with Gasteiger partial charge in [0.1, 0.15) is 0 Å². The van der Waals surface area contributed by atoms with E-state index in [1.165, 1.54) is 83.6 Å². The van der Waals surface area contributed by atoms with Gasteiger partial charge >= 0.3 is 0 Å².